The Morgan fingerprint density at radius 3 is 2.62 bits per heavy atom. The zero-order valence-electron chi connectivity index (χ0n) is 19.4. The predicted octanol–water partition coefficient (Wildman–Crippen LogP) is 5.23. The Hall–Kier alpha value is -2.13. The number of aromatic nitrogens is 1. The second-order valence-electron chi connectivity index (χ2n) is 9.41. The second-order valence-corrected chi connectivity index (χ2v) is 10.5. The summed E-state index contributed by atoms with van der Waals surface area (Å²) >= 11 is 1.46. The van der Waals surface area contributed by atoms with E-state index >= 15 is 0 Å². The van der Waals surface area contributed by atoms with Crippen molar-refractivity contribution in [1.82, 2.24) is 15.2 Å². The van der Waals surface area contributed by atoms with E-state index in [1.807, 2.05) is 17.0 Å². The van der Waals surface area contributed by atoms with Gasteiger partial charge in [-0.25, -0.2) is 0 Å². The molecule has 0 unspecified atom stereocenters. The van der Waals surface area contributed by atoms with Crippen molar-refractivity contribution in [3.8, 4) is 0 Å². The summed E-state index contributed by atoms with van der Waals surface area (Å²) in [4.78, 5) is 32.0. The molecule has 9 heteroatoms. The number of nitrogens with one attached hydrogen (secondary N) is 1. The second kappa shape index (κ2) is 12.0. The van der Waals surface area contributed by atoms with Crippen molar-refractivity contribution in [2.45, 2.75) is 70.5 Å². The van der Waals surface area contributed by atoms with Crippen LogP contribution >= 0.6 is 11.3 Å². The number of carbonyl (C=O) groups excluding carboxylic acids is 2. The first-order valence-corrected chi connectivity index (χ1v) is 13.2. The summed E-state index contributed by atoms with van der Waals surface area (Å²) in [7, 11) is 0. The van der Waals surface area contributed by atoms with Gasteiger partial charge in [0.1, 0.15) is 0 Å². The number of rotatable bonds is 9. The van der Waals surface area contributed by atoms with Crippen molar-refractivity contribution >= 4 is 33.2 Å². The van der Waals surface area contributed by atoms with Crippen LogP contribution in [0, 0.1) is 11.8 Å². The molecule has 2 fully saturated rings. The monoisotopic (exact) mass is 493 g/mol. The summed E-state index contributed by atoms with van der Waals surface area (Å²) in [5.74, 6) is 0.733. The van der Waals surface area contributed by atoms with Crippen molar-refractivity contribution in [2.24, 2.45) is 11.8 Å². The molecule has 6 nitrogen and oxygen atoms in total. The van der Waals surface area contributed by atoms with E-state index in [-0.39, 0.29) is 17.7 Å². The van der Waals surface area contributed by atoms with E-state index in [2.05, 4.69) is 15.0 Å². The fourth-order valence-corrected chi connectivity index (χ4v) is 6.08. The topological polar surface area (TPSA) is 71.5 Å². The van der Waals surface area contributed by atoms with Crippen LogP contribution in [0.3, 0.4) is 0 Å². The van der Waals surface area contributed by atoms with Crippen molar-refractivity contribution in [1.29, 1.82) is 0 Å². The van der Waals surface area contributed by atoms with Gasteiger partial charge in [-0.05, 0) is 68.4 Å². The van der Waals surface area contributed by atoms with Gasteiger partial charge in [0.25, 0.3) is 5.91 Å². The third-order valence-corrected chi connectivity index (χ3v) is 8.20. The van der Waals surface area contributed by atoms with Gasteiger partial charge in [-0.2, -0.15) is 8.78 Å². The van der Waals surface area contributed by atoms with E-state index in [1.54, 1.807) is 12.4 Å². The highest BCUT2D eigenvalue weighted by Gasteiger charge is 2.32. The van der Waals surface area contributed by atoms with Crippen LogP contribution in [0.2, 0.25) is 0 Å². The Morgan fingerprint density at radius 1 is 1.15 bits per heavy atom. The van der Waals surface area contributed by atoms with Gasteiger partial charge in [0.05, 0.1) is 15.7 Å². The number of carbonyl (C=O) groups is 2. The maximum absolute atomic E-state index is 12.8. The number of hydrogen-bond acceptors (Lipinski definition) is 5. The lowest BCUT2D eigenvalue weighted by molar-refractivity contribution is -0.173. The lowest BCUT2D eigenvalue weighted by atomic mass is 9.85. The first-order chi connectivity index (χ1) is 16.5. The standard InChI is InChI=1S/C25H33F2N3O3S/c26-25(27)33-20-6-4-18(5-7-20)24(32)30-13-9-17(10-14-30)3-1-2-11-29-23(31)21-15-19-8-12-28-16-22(19)34-21/h8,12,15-18,20,25H,1-7,9-11,13-14H2,(H,29,31). The molecule has 186 valence electrons. The average molecular weight is 494 g/mol. The molecule has 1 aliphatic carbocycles. The molecule has 4 rings (SSSR count). The zero-order valence-corrected chi connectivity index (χ0v) is 20.2. The lowest BCUT2D eigenvalue weighted by Crippen LogP contribution is -2.43. The largest absolute Gasteiger partial charge is 0.351 e. The van der Waals surface area contributed by atoms with E-state index in [1.165, 1.54) is 11.3 Å². The number of unbranched alkanes of at least 4 members (excludes halogenated alkanes) is 1. The Morgan fingerprint density at radius 2 is 1.91 bits per heavy atom. The Labute approximate surface area is 203 Å². The maximum atomic E-state index is 12.8. The molecule has 2 amide bonds. The maximum Gasteiger partial charge on any atom is 0.345 e. The van der Waals surface area contributed by atoms with E-state index in [9.17, 15) is 18.4 Å². The summed E-state index contributed by atoms with van der Waals surface area (Å²) < 4.78 is 30.3. The third kappa shape index (κ3) is 6.72. The number of fused-ring (bicyclic) bond motifs is 1. The van der Waals surface area contributed by atoms with Crippen molar-refractivity contribution < 1.29 is 23.1 Å². The minimum atomic E-state index is -2.73. The minimum Gasteiger partial charge on any atom is -0.351 e. The van der Waals surface area contributed by atoms with E-state index in [4.69, 9.17) is 0 Å². The number of amides is 2. The number of piperidine rings is 1. The van der Waals surface area contributed by atoms with Crippen molar-refractivity contribution in [3.05, 3.63) is 29.4 Å². The predicted molar refractivity (Wildman–Crippen MR) is 128 cm³/mol. The molecular formula is C25H33F2N3O3S. The van der Waals surface area contributed by atoms with Gasteiger partial charge >= 0.3 is 6.61 Å². The molecule has 0 aromatic carbocycles. The number of thiophene rings is 1. The zero-order chi connectivity index (χ0) is 23.9. The quantitative estimate of drug-likeness (QED) is 0.486. The van der Waals surface area contributed by atoms with Crippen LogP contribution in [-0.2, 0) is 9.53 Å². The van der Waals surface area contributed by atoms with Gasteiger partial charge in [0, 0.05) is 37.9 Å². The van der Waals surface area contributed by atoms with Crippen LogP contribution < -0.4 is 5.32 Å². The SMILES string of the molecule is O=C(NCCCCC1CCN(C(=O)C2CCC(OC(F)F)CC2)CC1)c1cc2ccncc2s1. The van der Waals surface area contributed by atoms with Gasteiger partial charge in [-0.15, -0.1) is 11.3 Å². The van der Waals surface area contributed by atoms with E-state index in [0.29, 0.717) is 38.1 Å². The van der Waals surface area contributed by atoms with Gasteiger partial charge in [0.15, 0.2) is 0 Å². The first-order valence-electron chi connectivity index (χ1n) is 12.3. The number of nitrogens with zero attached hydrogens (tertiary/aromatic N) is 2. The van der Waals surface area contributed by atoms with E-state index in [0.717, 1.165) is 60.2 Å². The number of pyridine rings is 1. The minimum absolute atomic E-state index is 0.0252. The summed E-state index contributed by atoms with van der Waals surface area (Å²) in [6, 6.07) is 3.83. The van der Waals surface area contributed by atoms with Crippen LogP contribution in [0.4, 0.5) is 8.78 Å². The van der Waals surface area contributed by atoms with Crippen LogP contribution in [-0.4, -0.2) is 54.0 Å². The summed E-state index contributed by atoms with van der Waals surface area (Å²) in [6.07, 6.45) is 10.6. The van der Waals surface area contributed by atoms with Gasteiger partial charge in [-0.3, -0.25) is 14.6 Å². The summed E-state index contributed by atoms with van der Waals surface area (Å²) in [6.45, 7) is -0.490. The lowest BCUT2D eigenvalue weighted by Gasteiger charge is -2.36. The average Bonchev–Trinajstić information content (AvgIpc) is 3.28. The molecule has 1 aliphatic heterocycles. The van der Waals surface area contributed by atoms with Crippen LogP contribution in [0.25, 0.3) is 10.1 Å². The van der Waals surface area contributed by atoms with Crippen molar-refractivity contribution in [2.75, 3.05) is 19.6 Å². The summed E-state index contributed by atoms with van der Waals surface area (Å²) in [5, 5.41) is 4.06. The Kier molecular flexibility index (Phi) is 8.83. The molecule has 34 heavy (non-hydrogen) atoms. The summed E-state index contributed by atoms with van der Waals surface area (Å²) in [5.41, 5.74) is 0. The van der Waals surface area contributed by atoms with Crippen molar-refractivity contribution in [3.63, 3.8) is 0 Å². The molecule has 0 bridgehead atoms. The Bertz CT molecular complexity index is 921. The molecule has 1 N–H and O–H groups in total. The molecule has 0 radical (unpaired) electrons. The van der Waals surface area contributed by atoms with Crippen LogP contribution in [0.15, 0.2) is 24.5 Å². The highest BCUT2D eigenvalue weighted by molar-refractivity contribution is 7.20. The number of likely N-dealkylation sites (tertiary alicyclic amines) is 1. The number of halogens is 2. The highest BCUT2D eigenvalue weighted by Crippen LogP contribution is 2.31. The van der Waals surface area contributed by atoms with Gasteiger partial charge in [0.2, 0.25) is 5.91 Å². The molecule has 0 spiro atoms. The van der Waals surface area contributed by atoms with Crippen LogP contribution in [0.1, 0.15) is 67.5 Å². The highest BCUT2D eigenvalue weighted by atomic mass is 32.1. The van der Waals surface area contributed by atoms with E-state index < -0.39 is 12.7 Å². The molecule has 3 heterocycles. The Balaban J connectivity index is 1.08. The molecule has 1 saturated carbocycles. The fraction of sp³-hybridized carbons (Fsp3) is 0.640. The first kappa shape index (κ1) is 25.0. The molecule has 2 aromatic rings. The third-order valence-electron chi connectivity index (χ3n) is 7.12. The fourth-order valence-electron chi connectivity index (χ4n) is 5.13. The molecule has 1 saturated heterocycles. The molecule has 0 atom stereocenters. The van der Waals surface area contributed by atoms with Gasteiger partial charge < -0.3 is 15.0 Å². The number of hydrogen-bond donors (Lipinski definition) is 1. The smallest absolute Gasteiger partial charge is 0.345 e. The number of alkyl halides is 2. The number of ether oxygens (including phenoxy) is 1. The van der Waals surface area contributed by atoms with Gasteiger partial charge in [-0.1, -0.05) is 12.8 Å². The molecule has 2 aromatic heterocycles. The molecular weight excluding hydrogens is 460 g/mol. The normalized spacial score (nSPS) is 21.8. The van der Waals surface area contributed by atoms with Crippen LogP contribution in [0.5, 0.6) is 0 Å². The molecule has 2 aliphatic rings.